The second-order valence-corrected chi connectivity index (χ2v) is 6.87. The number of imidazole rings is 1. The van der Waals surface area contributed by atoms with Crippen LogP contribution in [0.3, 0.4) is 0 Å². The van der Waals surface area contributed by atoms with E-state index in [1.165, 1.54) is 0 Å². The number of hydrogen-bond acceptors (Lipinski definition) is 5. The highest BCUT2D eigenvalue weighted by Gasteiger charge is 2.20. The molecule has 4 rings (SSSR count). The number of nitrogens with two attached hydrogens (primary N) is 1. The van der Waals surface area contributed by atoms with Gasteiger partial charge < -0.3 is 24.5 Å². The van der Waals surface area contributed by atoms with Gasteiger partial charge in [-0.05, 0) is 18.6 Å². The highest BCUT2D eigenvalue weighted by molar-refractivity contribution is 6.32. The molecule has 1 fully saturated rings. The van der Waals surface area contributed by atoms with Crippen LogP contribution in [0.5, 0.6) is 11.5 Å². The van der Waals surface area contributed by atoms with E-state index in [0.717, 1.165) is 42.1 Å². The number of halogens is 1. The molecule has 0 saturated carbocycles. The summed E-state index contributed by atoms with van der Waals surface area (Å²) in [6.07, 6.45) is 5.00. The minimum atomic E-state index is 0.243. The standard InChI is InChI=1S/C19H21ClN4O2/c1-25-17-9-18(26-2)15(20)8-14(17)16-11-24-6-4-13(7-19(24)22-16)23-5-3-12(21)10-23/h4,6-9,11-12H,3,5,10,21H2,1-2H3/t12-/m0/s1. The molecule has 6 nitrogen and oxygen atoms in total. The molecular formula is C19H21ClN4O2. The van der Waals surface area contributed by atoms with Crippen molar-refractivity contribution in [3.63, 3.8) is 0 Å². The Morgan fingerprint density at radius 1 is 1.19 bits per heavy atom. The summed E-state index contributed by atoms with van der Waals surface area (Å²) in [7, 11) is 3.20. The Morgan fingerprint density at radius 2 is 2.00 bits per heavy atom. The van der Waals surface area contributed by atoms with Crippen LogP contribution in [0.25, 0.3) is 16.9 Å². The summed E-state index contributed by atoms with van der Waals surface area (Å²) in [6, 6.07) is 8.01. The molecule has 7 heteroatoms. The zero-order chi connectivity index (χ0) is 18.3. The van der Waals surface area contributed by atoms with Gasteiger partial charge in [0.05, 0.1) is 24.9 Å². The Balaban J connectivity index is 1.75. The van der Waals surface area contributed by atoms with E-state index in [0.29, 0.717) is 16.5 Å². The van der Waals surface area contributed by atoms with Gasteiger partial charge in [-0.3, -0.25) is 0 Å². The van der Waals surface area contributed by atoms with Crippen LogP contribution in [-0.2, 0) is 0 Å². The van der Waals surface area contributed by atoms with E-state index in [1.807, 2.05) is 22.9 Å². The molecule has 1 atom stereocenters. The van der Waals surface area contributed by atoms with E-state index in [2.05, 4.69) is 17.0 Å². The fraction of sp³-hybridized carbons (Fsp3) is 0.316. The maximum atomic E-state index is 6.30. The van der Waals surface area contributed by atoms with Crippen LogP contribution in [0.4, 0.5) is 5.69 Å². The Bertz CT molecular complexity index is 956. The quantitative estimate of drug-likeness (QED) is 0.761. The van der Waals surface area contributed by atoms with Crippen molar-refractivity contribution in [2.24, 2.45) is 5.73 Å². The molecule has 0 bridgehead atoms. The predicted octanol–water partition coefficient (Wildman–Crippen LogP) is 3.21. The van der Waals surface area contributed by atoms with Crippen molar-refractivity contribution in [3.8, 4) is 22.8 Å². The average molecular weight is 373 g/mol. The smallest absolute Gasteiger partial charge is 0.141 e. The Morgan fingerprint density at radius 3 is 2.69 bits per heavy atom. The van der Waals surface area contributed by atoms with Crippen LogP contribution in [0.1, 0.15) is 6.42 Å². The zero-order valence-corrected chi connectivity index (χ0v) is 15.5. The van der Waals surface area contributed by atoms with E-state index in [4.69, 9.17) is 31.8 Å². The third kappa shape index (κ3) is 2.95. The first-order valence-corrected chi connectivity index (χ1v) is 8.88. The molecule has 136 valence electrons. The Labute approximate surface area is 157 Å². The molecule has 26 heavy (non-hydrogen) atoms. The first-order chi connectivity index (χ1) is 12.6. The number of nitrogens with zero attached hydrogens (tertiary/aromatic N) is 3. The lowest BCUT2D eigenvalue weighted by molar-refractivity contribution is 0.395. The van der Waals surface area contributed by atoms with E-state index >= 15 is 0 Å². The number of methoxy groups -OCH3 is 2. The summed E-state index contributed by atoms with van der Waals surface area (Å²) in [5.74, 6) is 1.24. The number of aromatic nitrogens is 2. The van der Waals surface area contributed by atoms with E-state index in [9.17, 15) is 0 Å². The van der Waals surface area contributed by atoms with Gasteiger partial charge in [0.25, 0.3) is 0 Å². The van der Waals surface area contributed by atoms with Gasteiger partial charge in [-0.2, -0.15) is 0 Å². The lowest BCUT2D eigenvalue weighted by Gasteiger charge is -2.17. The molecule has 2 aromatic heterocycles. The van der Waals surface area contributed by atoms with Crippen molar-refractivity contribution in [1.82, 2.24) is 9.38 Å². The number of rotatable bonds is 4. The SMILES string of the molecule is COc1cc(OC)c(-c2cn3ccc(N4CC[C@H](N)C4)cc3n2)cc1Cl. The van der Waals surface area contributed by atoms with Crippen LogP contribution in [-0.4, -0.2) is 42.7 Å². The summed E-state index contributed by atoms with van der Waals surface area (Å²) in [5, 5.41) is 0.520. The van der Waals surface area contributed by atoms with Gasteiger partial charge in [0.15, 0.2) is 0 Å². The van der Waals surface area contributed by atoms with Crippen LogP contribution in [0, 0.1) is 0 Å². The molecule has 0 radical (unpaired) electrons. The van der Waals surface area contributed by atoms with Crippen LogP contribution < -0.4 is 20.1 Å². The number of anilines is 1. The van der Waals surface area contributed by atoms with Gasteiger partial charge >= 0.3 is 0 Å². The van der Waals surface area contributed by atoms with E-state index in [-0.39, 0.29) is 6.04 Å². The van der Waals surface area contributed by atoms with E-state index < -0.39 is 0 Å². The number of fused-ring (bicyclic) bond motifs is 1. The van der Waals surface area contributed by atoms with Crippen molar-refractivity contribution in [1.29, 1.82) is 0 Å². The monoisotopic (exact) mass is 372 g/mol. The van der Waals surface area contributed by atoms with Gasteiger partial charge in [0.1, 0.15) is 17.1 Å². The summed E-state index contributed by atoms with van der Waals surface area (Å²) in [4.78, 5) is 7.06. The van der Waals surface area contributed by atoms with Gasteiger partial charge in [-0.1, -0.05) is 11.6 Å². The molecule has 1 aliphatic rings. The molecule has 0 spiro atoms. The summed E-state index contributed by atoms with van der Waals surface area (Å²) < 4.78 is 12.8. The normalized spacial score (nSPS) is 17.1. The fourth-order valence-corrected chi connectivity index (χ4v) is 3.62. The Hall–Kier alpha value is -2.44. The molecular weight excluding hydrogens is 352 g/mol. The summed E-state index contributed by atoms with van der Waals surface area (Å²) in [6.45, 7) is 1.86. The topological polar surface area (TPSA) is 65.0 Å². The lowest BCUT2D eigenvalue weighted by atomic mass is 10.1. The maximum absolute atomic E-state index is 6.30. The van der Waals surface area contributed by atoms with Crippen molar-refractivity contribution >= 4 is 22.9 Å². The van der Waals surface area contributed by atoms with Crippen LogP contribution in [0.2, 0.25) is 5.02 Å². The zero-order valence-electron chi connectivity index (χ0n) is 14.8. The Kier molecular flexibility index (Phi) is 4.38. The number of pyridine rings is 1. The van der Waals surface area contributed by atoms with Crippen molar-refractivity contribution < 1.29 is 9.47 Å². The minimum Gasteiger partial charge on any atom is -0.496 e. The molecule has 3 heterocycles. The molecule has 2 N–H and O–H groups in total. The third-order valence-corrected chi connectivity index (χ3v) is 5.08. The summed E-state index contributed by atoms with van der Waals surface area (Å²) >= 11 is 6.30. The number of hydrogen-bond donors (Lipinski definition) is 1. The molecule has 0 aliphatic carbocycles. The first kappa shape index (κ1) is 17.0. The van der Waals surface area contributed by atoms with Crippen molar-refractivity contribution in [3.05, 3.63) is 41.7 Å². The fourth-order valence-electron chi connectivity index (χ4n) is 3.38. The van der Waals surface area contributed by atoms with Gasteiger partial charge in [0.2, 0.25) is 0 Å². The number of ether oxygens (including phenoxy) is 2. The lowest BCUT2D eigenvalue weighted by Crippen LogP contribution is -2.26. The van der Waals surface area contributed by atoms with Crippen LogP contribution in [0.15, 0.2) is 36.7 Å². The van der Waals surface area contributed by atoms with Gasteiger partial charge in [-0.25, -0.2) is 4.98 Å². The molecule has 0 unspecified atom stereocenters. The second kappa shape index (κ2) is 6.70. The largest absolute Gasteiger partial charge is 0.496 e. The third-order valence-electron chi connectivity index (χ3n) is 4.78. The van der Waals surface area contributed by atoms with Gasteiger partial charge in [0, 0.05) is 54.9 Å². The first-order valence-electron chi connectivity index (χ1n) is 8.50. The average Bonchev–Trinajstić information content (AvgIpc) is 3.26. The van der Waals surface area contributed by atoms with Crippen LogP contribution >= 0.6 is 11.6 Å². The minimum absolute atomic E-state index is 0.243. The maximum Gasteiger partial charge on any atom is 0.141 e. The predicted molar refractivity (Wildman–Crippen MR) is 104 cm³/mol. The second-order valence-electron chi connectivity index (χ2n) is 6.46. The molecule has 1 aliphatic heterocycles. The highest BCUT2D eigenvalue weighted by atomic mass is 35.5. The van der Waals surface area contributed by atoms with Crippen molar-refractivity contribution in [2.75, 3.05) is 32.2 Å². The molecule has 0 amide bonds. The van der Waals surface area contributed by atoms with E-state index in [1.54, 1.807) is 20.3 Å². The summed E-state index contributed by atoms with van der Waals surface area (Å²) in [5.41, 5.74) is 9.65. The molecule has 3 aromatic rings. The molecule has 1 saturated heterocycles. The highest BCUT2D eigenvalue weighted by Crippen LogP contribution is 2.38. The molecule has 1 aromatic carbocycles. The number of benzene rings is 1. The van der Waals surface area contributed by atoms with Gasteiger partial charge in [-0.15, -0.1) is 0 Å². The van der Waals surface area contributed by atoms with Crippen molar-refractivity contribution in [2.45, 2.75) is 12.5 Å².